The number of benzene rings is 2. The number of carbonyl (C=O) groups excluding carboxylic acids is 2. The van der Waals surface area contributed by atoms with Crippen LogP contribution in [0.25, 0.3) is 0 Å². The number of methoxy groups -OCH3 is 1. The molecule has 0 aliphatic rings. The van der Waals surface area contributed by atoms with Crippen molar-refractivity contribution in [2.24, 2.45) is 0 Å². The number of rotatable bonds is 6. The van der Waals surface area contributed by atoms with Gasteiger partial charge in [0.25, 0.3) is 0 Å². The predicted octanol–water partition coefficient (Wildman–Crippen LogP) is 3.84. The van der Waals surface area contributed by atoms with Crippen LogP contribution in [0, 0.1) is 11.3 Å². The minimum atomic E-state index is -0.619. The Morgan fingerprint density at radius 3 is 2.29 bits per heavy atom. The topological polar surface area (TPSA) is 67.2 Å². The average Bonchev–Trinajstić information content (AvgIpc) is 2.61. The molecule has 0 aromatic heterocycles. The van der Waals surface area contributed by atoms with Gasteiger partial charge in [0.15, 0.2) is 0 Å². The summed E-state index contributed by atoms with van der Waals surface area (Å²) < 4.78 is 4.82. The Balaban J connectivity index is 2.54. The third-order valence-corrected chi connectivity index (χ3v) is 3.98. The fraction of sp³-hybridized carbons (Fsp3) is 0.250. The van der Waals surface area contributed by atoms with Crippen molar-refractivity contribution in [3.63, 3.8) is 0 Å². The molecule has 2 unspecified atom stereocenters. The first kappa shape index (κ1) is 17.4. The highest BCUT2D eigenvalue weighted by atomic mass is 16.5. The minimum Gasteiger partial charge on any atom is -0.465 e. The first-order valence-corrected chi connectivity index (χ1v) is 7.69. The molecule has 0 saturated carbocycles. The molecule has 2 rings (SSSR count). The number of ether oxygens (including phenoxy) is 1. The van der Waals surface area contributed by atoms with Crippen molar-refractivity contribution in [1.29, 1.82) is 5.26 Å². The predicted molar refractivity (Wildman–Crippen MR) is 90.6 cm³/mol. The van der Waals surface area contributed by atoms with Crippen molar-refractivity contribution < 1.29 is 14.3 Å². The molecule has 0 spiro atoms. The molecule has 2 aromatic rings. The second-order valence-corrected chi connectivity index (χ2v) is 5.61. The number of hydrogen-bond donors (Lipinski definition) is 0. The van der Waals surface area contributed by atoms with Crippen molar-refractivity contribution in [2.45, 2.75) is 25.2 Å². The summed E-state index contributed by atoms with van der Waals surface area (Å²) in [5.41, 5.74) is 1.84. The van der Waals surface area contributed by atoms with Crippen LogP contribution in [-0.4, -0.2) is 18.9 Å². The molecule has 0 N–H and O–H groups in total. The number of carbonyl (C=O) groups is 2. The van der Waals surface area contributed by atoms with E-state index in [0.717, 1.165) is 5.56 Å². The van der Waals surface area contributed by atoms with E-state index in [0.29, 0.717) is 11.1 Å². The molecule has 24 heavy (non-hydrogen) atoms. The Bertz CT molecular complexity index is 762. The molecule has 0 aliphatic carbocycles. The smallest absolute Gasteiger partial charge is 0.338 e. The van der Waals surface area contributed by atoms with Crippen LogP contribution < -0.4 is 0 Å². The molecule has 0 amide bonds. The summed E-state index contributed by atoms with van der Waals surface area (Å²) in [4.78, 5) is 23.8. The number of hydrogen-bond acceptors (Lipinski definition) is 4. The van der Waals surface area contributed by atoms with E-state index < -0.39 is 11.9 Å². The van der Waals surface area contributed by atoms with Gasteiger partial charge in [-0.1, -0.05) is 48.5 Å². The summed E-state index contributed by atoms with van der Waals surface area (Å²) in [6.07, 6.45) is 0.234. The Hall–Kier alpha value is -2.93. The van der Waals surface area contributed by atoms with Crippen molar-refractivity contribution in [3.8, 4) is 6.07 Å². The zero-order valence-corrected chi connectivity index (χ0v) is 13.7. The molecule has 0 bridgehead atoms. The second-order valence-electron chi connectivity index (χ2n) is 5.61. The Labute approximate surface area is 141 Å². The SMILES string of the molecule is COC(=O)c1ccccc1C(C#N)C(CC(C)=O)c1ccccc1. The van der Waals surface area contributed by atoms with Gasteiger partial charge in [0.2, 0.25) is 0 Å². The maximum Gasteiger partial charge on any atom is 0.338 e. The number of esters is 1. The summed E-state index contributed by atoms with van der Waals surface area (Å²) in [6.45, 7) is 1.51. The third-order valence-electron chi connectivity index (χ3n) is 3.98. The average molecular weight is 321 g/mol. The highest BCUT2D eigenvalue weighted by Gasteiger charge is 2.29. The minimum absolute atomic E-state index is 0.000322. The van der Waals surface area contributed by atoms with Gasteiger partial charge in [-0.25, -0.2) is 4.79 Å². The highest BCUT2D eigenvalue weighted by molar-refractivity contribution is 5.91. The fourth-order valence-corrected chi connectivity index (χ4v) is 2.88. The van der Waals surface area contributed by atoms with Crippen LogP contribution in [0.1, 0.15) is 46.7 Å². The molecule has 0 aliphatic heterocycles. The quantitative estimate of drug-likeness (QED) is 0.758. The summed E-state index contributed by atoms with van der Waals surface area (Å²) in [5.74, 6) is -1.42. The van der Waals surface area contributed by atoms with Crippen LogP contribution in [0.15, 0.2) is 54.6 Å². The largest absolute Gasteiger partial charge is 0.465 e. The van der Waals surface area contributed by atoms with Crippen molar-refractivity contribution in [3.05, 3.63) is 71.3 Å². The van der Waals surface area contributed by atoms with Gasteiger partial charge in [0.1, 0.15) is 5.78 Å². The monoisotopic (exact) mass is 321 g/mol. The lowest BCUT2D eigenvalue weighted by Gasteiger charge is -2.23. The van der Waals surface area contributed by atoms with E-state index in [2.05, 4.69) is 6.07 Å². The number of nitriles is 1. The van der Waals surface area contributed by atoms with Gasteiger partial charge < -0.3 is 9.53 Å². The molecule has 2 aromatic carbocycles. The normalized spacial score (nSPS) is 12.7. The van der Waals surface area contributed by atoms with Crippen LogP contribution in [-0.2, 0) is 9.53 Å². The zero-order chi connectivity index (χ0) is 17.5. The molecule has 4 heteroatoms. The molecule has 0 fully saturated rings. The number of Topliss-reactive ketones (excluding diaryl/α,β-unsaturated/α-hetero) is 1. The van der Waals surface area contributed by atoms with Crippen LogP contribution in [0.3, 0.4) is 0 Å². The first-order valence-electron chi connectivity index (χ1n) is 7.69. The summed E-state index contributed by atoms with van der Waals surface area (Å²) in [7, 11) is 1.31. The molecule has 2 atom stereocenters. The third kappa shape index (κ3) is 3.88. The molecule has 0 heterocycles. The lowest BCUT2D eigenvalue weighted by molar-refractivity contribution is -0.117. The van der Waals surface area contributed by atoms with Gasteiger partial charge in [-0.15, -0.1) is 0 Å². The van der Waals surface area contributed by atoms with E-state index in [9.17, 15) is 14.9 Å². The molecular formula is C20H19NO3. The van der Waals surface area contributed by atoms with E-state index >= 15 is 0 Å². The van der Waals surface area contributed by atoms with Gasteiger partial charge in [-0.3, -0.25) is 0 Å². The highest BCUT2D eigenvalue weighted by Crippen LogP contribution is 2.37. The van der Waals surface area contributed by atoms with Gasteiger partial charge in [0, 0.05) is 12.3 Å². The lowest BCUT2D eigenvalue weighted by atomic mass is 9.78. The van der Waals surface area contributed by atoms with Crippen LogP contribution >= 0.6 is 0 Å². The van der Waals surface area contributed by atoms with Crippen molar-refractivity contribution in [2.75, 3.05) is 7.11 Å². The van der Waals surface area contributed by atoms with Crippen molar-refractivity contribution >= 4 is 11.8 Å². The molecular weight excluding hydrogens is 302 g/mol. The van der Waals surface area contributed by atoms with E-state index in [1.54, 1.807) is 24.3 Å². The molecule has 0 saturated heterocycles. The standard InChI is InChI=1S/C20H19NO3/c1-14(22)12-18(15-8-4-3-5-9-15)19(13-21)16-10-6-7-11-17(16)20(23)24-2/h3-11,18-19H,12H2,1-2H3. The van der Waals surface area contributed by atoms with Crippen LogP contribution in [0.2, 0.25) is 0 Å². The maximum absolute atomic E-state index is 12.0. The van der Waals surface area contributed by atoms with Gasteiger partial charge in [0.05, 0.1) is 24.7 Å². The van der Waals surface area contributed by atoms with Crippen molar-refractivity contribution in [1.82, 2.24) is 0 Å². The summed E-state index contributed by atoms with van der Waals surface area (Å²) in [6, 6.07) is 18.6. The van der Waals surface area contributed by atoms with Crippen LogP contribution in [0.4, 0.5) is 0 Å². The molecule has 4 nitrogen and oxygen atoms in total. The zero-order valence-electron chi connectivity index (χ0n) is 13.7. The Kier molecular flexibility index (Phi) is 5.86. The van der Waals surface area contributed by atoms with E-state index in [4.69, 9.17) is 4.74 Å². The molecule has 122 valence electrons. The van der Waals surface area contributed by atoms with Crippen LogP contribution in [0.5, 0.6) is 0 Å². The van der Waals surface area contributed by atoms with Gasteiger partial charge in [-0.05, 0) is 24.1 Å². The van der Waals surface area contributed by atoms with Gasteiger partial charge >= 0.3 is 5.97 Å². The van der Waals surface area contributed by atoms with E-state index in [1.165, 1.54) is 14.0 Å². The maximum atomic E-state index is 12.0. The second kappa shape index (κ2) is 8.07. The van der Waals surface area contributed by atoms with Gasteiger partial charge in [-0.2, -0.15) is 5.26 Å². The Morgan fingerprint density at radius 1 is 1.08 bits per heavy atom. The Morgan fingerprint density at radius 2 is 1.71 bits per heavy atom. The lowest BCUT2D eigenvalue weighted by Crippen LogP contribution is -2.17. The summed E-state index contributed by atoms with van der Waals surface area (Å²) in [5, 5.41) is 9.79. The summed E-state index contributed by atoms with van der Waals surface area (Å²) >= 11 is 0. The number of ketones is 1. The molecule has 0 radical (unpaired) electrons. The first-order chi connectivity index (χ1) is 11.6. The number of nitrogens with zero attached hydrogens (tertiary/aromatic N) is 1. The fourth-order valence-electron chi connectivity index (χ4n) is 2.88. The van der Waals surface area contributed by atoms with E-state index in [1.807, 2.05) is 30.3 Å². The van der Waals surface area contributed by atoms with E-state index in [-0.39, 0.29) is 18.1 Å².